The average molecular weight is 421 g/mol. The van der Waals surface area contributed by atoms with Crippen molar-refractivity contribution >= 4 is 20.7 Å². The molecule has 0 amide bonds. The van der Waals surface area contributed by atoms with Crippen LogP contribution in [0.2, 0.25) is 6.04 Å². The Hall–Kier alpha value is -0.963. The molecule has 0 fully saturated rings. The Labute approximate surface area is 171 Å². The lowest BCUT2D eigenvalue weighted by molar-refractivity contribution is -0.150. The van der Waals surface area contributed by atoms with E-state index in [4.69, 9.17) is 22.8 Å². The molecule has 0 aromatic carbocycles. The lowest BCUT2D eigenvalue weighted by Gasteiger charge is -2.24. The quantitative estimate of drug-likeness (QED) is 0.175. The van der Waals surface area contributed by atoms with Gasteiger partial charge in [-0.25, -0.2) is 0 Å². The van der Waals surface area contributed by atoms with Gasteiger partial charge in [0.25, 0.3) is 0 Å². The number of carbonyl (C=O) groups excluding carboxylic acids is 2. The summed E-state index contributed by atoms with van der Waals surface area (Å²) in [4.78, 5) is 23.3. The first-order valence-corrected chi connectivity index (χ1v) is 12.4. The minimum Gasteiger partial charge on any atom is -0.466 e. The Morgan fingerprint density at radius 2 is 1.07 bits per heavy atom. The van der Waals surface area contributed by atoms with Crippen molar-refractivity contribution in [2.45, 2.75) is 83.6 Å². The normalized spacial score (nSPS) is 11.4. The number of esters is 2. The Morgan fingerprint density at radius 1 is 0.643 bits per heavy atom. The van der Waals surface area contributed by atoms with Crippen LogP contribution in [0.3, 0.4) is 0 Å². The van der Waals surface area contributed by atoms with Crippen molar-refractivity contribution in [3.63, 3.8) is 0 Å². The van der Waals surface area contributed by atoms with E-state index >= 15 is 0 Å². The molecule has 0 unspecified atom stereocenters. The summed E-state index contributed by atoms with van der Waals surface area (Å²) in [5, 5.41) is 0. The zero-order valence-electron chi connectivity index (χ0n) is 18.3. The summed E-state index contributed by atoms with van der Waals surface area (Å²) in [5.74, 6) is -0.743. The number of carbonyl (C=O) groups is 2. The van der Waals surface area contributed by atoms with Crippen molar-refractivity contribution in [1.29, 1.82) is 0 Å². The van der Waals surface area contributed by atoms with Gasteiger partial charge in [0, 0.05) is 27.4 Å². The molecule has 0 heterocycles. The van der Waals surface area contributed by atoms with E-state index in [-0.39, 0.29) is 25.4 Å². The van der Waals surface area contributed by atoms with Crippen molar-refractivity contribution in [2.75, 3.05) is 34.5 Å². The summed E-state index contributed by atoms with van der Waals surface area (Å²) < 4.78 is 26.2. The van der Waals surface area contributed by atoms with Gasteiger partial charge in [0.15, 0.2) is 0 Å². The molecule has 7 nitrogen and oxygen atoms in total. The van der Waals surface area contributed by atoms with Crippen molar-refractivity contribution < 1.29 is 32.3 Å². The van der Waals surface area contributed by atoms with Crippen LogP contribution in [0.1, 0.15) is 77.6 Å². The monoisotopic (exact) mass is 420 g/mol. The highest BCUT2D eigenvalue weighted by Crippen LogP contribution is 2.15. The second kappa shape index (κ2) is 18.1. The minimum atomic E-state index is -2.62. The molecule has 0 saturated carbocycles. The van der Waals surface area contributed by atoms with Crippen LogP contribution < -0.4 is 0 Å². The second-order valence-corrected chi connectivity index (χ2v) is 9.91. The summed E-state index contributed by atoms with van der Waals surface area (Å²) in [5.41, 5.74) is 0. The summed E-state index contributed by atoms with van der Waals surface area (Å²) in [6, 6.07) is 0.560. The molecule has 0 aromatic rings. The second-order valence-electron chi connectivity index (χ2n) is 6.81. The fourth-order valence-electron chi connectivity index (χ4n) is 2.80. The zero-order chi connectivity index (χ0) is 21.1. The molecule has 0 atom stereocenters. The molecule has 0 radical (unpaired) electrons. The fraction of sp³-hybridized carbons (Fsp3) is 0.900. The number of unbranched alkanes of at least 4 members (excludes halogenated alkanes) is 7. The van der Waals surface area contributed by atoms with Crippen molar-refractivity contribution in [1.82, 2.24) is 0 Å². The van der Waals surface area contributed by atoms with Crippen LogP contribution in [0.25, 0.3) is 0 Å². The van der Waals surface area contributed by atoms with Crippen LogP contribution in [0.4, 0.5) is 0 Å². The highest BCUT2D eigenvalue weighted by molar-refractivity contribution is 6.60. The molecule has 0 spiro atoms. The molecule has 0 saturated heterocycles. The molecule has 0 aliphatic rings. The van der Waals surface area contributed by atoms with Crippen LogP contribution in [-0.2, 0) is 32.3 Å². The molecule has 28 heavy (non-hydrogen) atoms. The first kappa shape index (κ1) is 27.0. The molecular weight excluding hydrogens is 380 g/mol. The third-order valence-electron chi connectivity index (χ3n) is 4.62. The molecule has 0 aromatic heterocycles. The highest BCUT2D eigenvalue weighted by Gasteiger charge is 2.36. The smallest absolute Gasteiger partial charge is 0.466 e. The van der Waals surface area contributed by atoms with Crippen molar-refractivity contribution in [3.8, 4) is 0 Å². The lowest BCUT2D eigenvalue weighted by atomic mass is 10.1. The van der Waals surface area contributed by atoms with Gasteiger partial charge in [0.2, 0.25) is 0 Å². The van der Waals surface area contributed by atoms with Crippen LogP contribution in [0, 0.1) is 0 Å². The molecule has 8 heteroatoms. The Bertz CT molecular complexity index is 392. The van der Waals surface area contributed by atoms with E-state index in [1.807, 2.05) is 0 Å². The van der Waals surface area contributed by atoms with Crippen molar-refractivity contribution in [2.24, 2.45) is 0 Å². The number of hydrogen-bond donors (Lipinski definition) is 0. The van der Waals surface area contributed by atoms with E-state index in [0.717, 1.165) is 12.8 Å². The molecule has 166 valence electrons. The van der Waals surface area contributed by atoms with Crippen LogP contribution >= 0.6 is 0 Å². The van der Waals surface area contributed by atoms with E-state index < -0.39 is 14.8 Å². The Balaban J connectivity index is 3.59. The SMILES string of the molecule is CCCCCCCCCCOC(=O)CCC(=O)OCCC[Si](OC)(OC)OC. The minimum absolute atomic E-state index is 0.0394. The maximum atomic E-state index is 11.7. The summed E-state index contributed by atoms with van der Waals surface area (Å²) in [6.07, 6.45) is 10.3. The third-order valence-corrected chi connectivity index (χ3v) is 7.45. The molecule has 0 N–H and O–H groups in total. The molecule has 0 aliphatic heterocycles. The molecule has 0 bridgehead atoms. The first-order valence-electron chi connectivity index (χ1n) is 10.5. The van der Waals surface area contributed by atoms with Gasteiger partial charge >= 0.3 is 20.7 Å². The molecule has 0 aliphatic carbocycles. The molecular formula is C20H40O7Si. The van der Waals surface area contributed by atoms with Gasteiger partial charge in [0.1, 0.15) is 0 Å². The van der Waals surface area contributed by atoms with Crippen molar-refractivity contribution in [3.05, 3.63) is 0 Å². The van der Waals surface area contributed by atoms with Gasteiger partial charge < -0.3 is 22.8 Å². The van der Waals surface area contributed by atoms with E-state index in [2.05, 4.69) is 6.92 Å². The standard InChI is InChI=1S/C20H40O7Si/c1-5-6-7-8-9-10-11-12-16-26-19(21)14-15-20(22)27-17-13-18-28(23-2,24-3)25-4/h5-18H2,1-4H3. The largest absolute Gasteiger partial charge is 0.500 e. The maximum Gasteiger partial charge on any atom is 0.500 e. The van der Waals surface area contributed by atoms with E-state index in [0.29, 0.717) is 19.1 Å². The fourth-order valence-corrected chi connectivity index (χ4v) is 4.49. The summed E-state index contributed by atoms with van der Waals surface area (Å²) in [7, 11) is 2.01. The lowest BCUT2D eigenvalue weighted by Crippen LogP contribution is -2.42. The van der Waals surface area contributed by atoms with Gasteiger partial charge in [-0.15, -0.1) is 0 Å². The van der Waals surface area contributed by atoms with Crippen LogP contribution in [0.5, 0.6) is 0 Å². The van der Waals surface area contributed by atoms with E-state index in [9.17, 15) is 9.59 Å². The van der Waals surface area contributed by atoms with E-state index in [1.54, 1.807) is 21.3 Å². The van der Waals surface area contributed by atoms with Gasteiger partial charge in [-0.1, -0.05) is 51.9 Å². The van der Waals surface area contributed by atoms with Gasteiger partial charge in [0.05, 0.1) is 26.1 Å². The maximum absolute atomic E-state index is 11.7. The average Bonchev–Trinajstić information content (AvgIpc) is 2.71. The Kier molecular flexibility index (Phi) is 17.5. The third kappa shape index (κ3) is 14.1. The topological polar surface area (TPSA) is 80.3 Å². The van der Waals surface area contributed by atoms with Crippen LogP contribution in [-0.4, -0.2) is 55.3 Å². The predicted molar refractivity (Wildman–Crippen MR) is 110 cm³/mol. The summed E-state index contributed by atoms with van der Waals surface area (Å²) in [6.45, 7) is 2.89. The number of hydrogen-bond acceptors (Lipinski definition) is 7. The first-order chi connectivity index (χ1) is 13.5. The highest BCUT2D eigenvalue weighted by atomic mass is 28.4. The van der Waals surface area contributed by atoms with E-state index in [1.165, 1.54) is 38.5 Å². The zero-order valence-corrected chi connectivity index (χ0v) is 19.3. The predicted octanol–water partition coefficient (Wildman–Crippen LogP) is 4.26. The number of rotatable bonds is 19. The summed E-state index contributed by atoms with van der Waals surface area (Å²) >= 11 is 0. The van der Waals surface area contributed by atoms with Crippen LogP contribution in [0.15, 0.2) is 0 Å². The van der Waals surface area contributed by atoms with Gasteiger partial charge in [-0.2, -0.15) is 0 Å². The van der Waals surface area contributed by atoms with Gasteiger partial charge in [-0.05, 0) is 12.8 Å². The Morgan fingerprint density at radius 3 is 1.54 bits per heavy atom. The van der Waals surface area contributed by atoms with Gasteiger partial charge in [-0.3, -0.25) is 9.59 Å². The number of ether oxygens (including phenoxy) is 2. The molecule has 0 rings (SSSR count).